The molecule has 0 aliphatic carbocycles. The summed E-state index contributed by atoms with van der Waals surface area (Å²) in [7, 11) is 0. The molecule has 2 rings (SSSR count). The maximum Gasteiger partial charge on any atom is 0.341 e. The third kappa shape index (κ3) is 8.54. The molecule has 4 heteroatoms. The van der Waals surface area contributed by atoms with Crippen molar-refractivity contribution in [2.45, 2.75) is 131 Å². The normalized spacial score (nSPS) is 17.7. The van der Waals surface area contributed by atoms with Gasteiger partial charge in [0, 0.05) is 5.56 Å². The number of carboxylic acid groups (broad SMARTS) is 1. The number of unbranched alkanes of at least 4 members (excludes halogenated alkanes) is 8. The van der Waals surface area contributed by atoms with E-state index in [-0.39, 0.29) is 12.2 Å². The minimum absolute atomic E-state index is 0.115. The summed E-state index contributed by atoms with van der Waals surface area (Å²) < 4.78 is 12.2. The van der Waals surface area contributed by atoms with Crippen LogP contribution in [0.1, 0.15) is 120 Å². The Balaban J connectivity index is 1.76. The predicted molar refractivity (Wildman–Crippen MR) is 137 cm³/mol. The van der Waals surface area contributed by atoms with E-state index in [1.165, 1.54) is 69.8 Å². The highest BCUT2D eigenvalue weighted by atomic mass is 16.5. The van der Waals surface area contributed by atoms with Gasteiger partial charge in [0.15, 0.2) is 6.61 Å². The molecule has 1 atom stereocenters. The zero-order chi connectivity index (χ0) is 24.4. The fourth-order valence-electron chi connectivity index (χ4n) is 5.10. The summed E-state index contributed by atoms with van der Waals surface area (Å²) in [6.07, 6.45) is 16.6. The van der Waals surface area contributed by atoms with Crippen LogP contribution < -0.4 is 9.47 Å². The van der Waals surface area contributed by atoms with E-state index in [1.807, 2.05) is 13.8 Å². The number of rotatable bonds is 15. The second-order valence-corrected chi connectivity index (χ2v) is 10.9. The Morgan fingerprint density at radius 1 is 0.939 bits per heavy atom. The van der Waals surface area contributed by atoms with Gasteiger partial charge in [-0.3, -0.25) is 0 Å². The van der Waals surface area contributed by atoms with Crippen LogP contribution in [0.2, 0.25) is 0 Å². The molecule has 0 radical (unpaired) electrons. The van der Waals surface area contributed by atoms with Crippen LogP contribution in [0.15, 0.2) is 0 Å². The maximum atomic E-state index is 11.0. The van der Waals surface area contributed by atoms with Crippen LogP contribution >= 0.6 is 0 Å². The summed E-state index contributed by atoms with van der Waals surface area (Å²) >= 11 is 0. The first-order valence-corrected chi connectivity index (χ1v) is 13.3. The lowest BCUT2D eigenvalue weighted by molar-refractivity contribution is -0.139. The van der Waals surface area contributed by atoms with Gasteiger partial charge in [-0.25, -0.2) is 4.79 Å². The van der Waals surface area contributed by atoms with Crippen LogP contribution in [0.3, 0.4) is 0 Å². The number of aliphatic carboxylic acids is 1. The van der Waals surface area contributed by atoms with Crippen LogP contribution in [0.25, 0.3) is 0 Å². The summed E-state index contributed by atoms with van der Waals surface area (Å²) in [5.41, 5.74) is 4.16. The van der Waals surface area contributed by atoms with Gasteiger partial charge < -0.3 is 14.6 Å². The fourth-order valence-corrected chi connectivity index (χ4v) is 5.10. The molecule has 1 heterocycles. The van der Waals surface area contributed by atoms with E-state index in [4.69, 9.17) is 14.6 Å². The smallest absolute Gasteiger partial charge is 0.341 e. The fraction of sp³-hybridized carbons (Fsp3) is 0.759. The van der Waals surface area contributed by atoms with Crippen molar-refractivity contribution in [1.29, 1.82) is 0 Å². The molecule has 4 nitrogen and oxygen atoms in total. The number of benzene rings is 1. The molecule has 0 spiro atoms. The number of fused-ring (bicyclic) bond motifs is 1. The van der Waals surface area contributed by atoms with Crippen molar-refractivity contribution in [2.24, 2.45) is 5.92 Å². The molecule has 1 aliphatic heterocycles. The molecule has 188 valence electrons. The lowest BCUT2D eigenvalue weighted by atomic mass is 9.84. The Bertz CT molecular complexity index is 768. The summed E-state index contributed by atoms with van der Waals surface area (Å²) in [6.45, 7) is 12.7. The molecule has 1 aromatic rings. The number of carbonyl (C=O) groups is 1. The van der Waals surface area contributed by atoms with Gasteiger partial charge in [0.05, 0.1) is 0 Å². The third-order valence-electron chi connectivity index (χ3n) is 7.39. The Labute approximate surface area is 202 Å². The molecular formula is C29H48O4. The van der Waals surface area contributed by atoms with Gasteiger partial charge in [-0.15, -0.1) is 0 Å². The van der Waals surface area contributed by atoms with E-state index in [2.05, 4.69) is 27.7 Å². The minimum atomic E-state index is -0.949. The molecule has 0 fully saturated rings. The van der Waals surface area contributed by atoms with Gasteiger partial charge in [-0.2, -0.15) is 0 Å². The second kappa shape index (κ2) is 13.2. The summed E-state index contributed by atoms with van der Waals surface area (Å²) in [4.78, 5) is 11.0. The third-order valence-corrected chi connectivity index (χ3v) is 7.39. The monoisotopic (exact) mass is 460 g/mol. The number of carboxylic acids is 1. The molecule has 0 saturated carbocycles. The van der Waals surface area contributed by atoms with Gasteiger partial charge in [-0.1, -0.05) is 71.6 Å². The molecule has 0 amide bonds. The zero-order valence-electron chi connectivity index (χ0n) is 22.1. The van der Waals surface area contributed by atoms with Gasteiger partial charge in [0.25, 0.3) is 0 Å². The molecule has 33 heavy (non-hydrogen) atoms. The number of hydrogen-bond donors (Lipinski definition) is 1. The van der Waals surface area contributed by atoms with Gasteiger partial charge >= 0.3 is 5.97 Å². The van der Waals surface area contributed by atoms with E-state index >= 15 is 0 Å². The van der Waals surface area contributed by atoms with Crippen molar-refractivity contribution in [1.82, 2.24) is 0 Å². The van der Waals surface area contributed by atoms with Crippen molar-refractivity contribution >= 4 is 5.97 Å². The van der Waals surface area contributed by atoms with Crippen LogP contribution in [-0.2, 0) is 11.2 Å². The SMILES string of the molecule is Cc1c(C)c2c(c(C)c1OCC(=O)O)CCC(C)(CCCCCCCCCCCC(C)C)O2. The molecule has 0 saturated heterocycles. The molecular weight excluding hydrogens is 412 g/mol. The Morgan fingerprint density at radius 2 is 1.52 bits per heavy atom. The van der Waals surface area contributed by atoms with E-state index in [9.17, 15) is 4.79 Å². The van der Waals surface area contributed by atoms with Crippen LogP contribution in [0.4, 0.5) is 0 Å². The summed E-state index contributed by atoms with van der Waals surface area (Å²) in [6, 6.07) is 0. The van der Waals surface area contributed by atoms with E-state index in [0.717, 1.165) is 47.6 Å². The Kier molecular flexibility index (Phi) is 11.1. The Hall–Kier alpha value is -1.71. The van der Waals surface area contributed by atoms with Crippen LogP contribution in [0, 0.1) is 26.7 Å². The van der Waals surface area contributed by atoms with E-state index in [0.29, 0.717) is 5.75 Å². The van der Waals surface area contributed by atoms with Crippen molar-refractivity contribution in [3.8, 4) is 11.5 Å². The van der Waals surface area contributed by atoms with Crippen LogP contribution in [0.5, 0.6) is 11.5 Å². The first-order chi connectivity index (χ1) is 15.6. The highest BCUT2D eigenvalue weighted by Gasteiger charge is 2.34. The molecule has 0 aromatic heterocycles. The summed E-state index contributed by atoms with van der Waals surface area (Å²) in [5.74, 6) is 1.61. The Morgan fingerprint density at radius 3 is 2.09 bits per heavy atom. The van der Waals surface area contributed by atoms with Crippen molar-refractivity contribution < 1.29 is 19.4 Å². The lowest BCUT2D eigenvalue weighted by Gasteiger charge is -2.38. The van der Waals surface area contributed by atoms with Gasteiger partial charge in [-0.05, 0) is 76.0 Å². The molecule has 0 bridgehead atoms. The summed E-state index contributed by atoms with van der Waals surface area (Å²) in [5, 5.41) is 8.99. The first-order valence-electron chi connectivity index (χ1n) is 13.3. The van der Waals surface area contributed by atoms with Gasteiger partial charge in [0.1, 0.15) is 17.1 Å². The quantitative estimate of drug-likeness (QED) is 0.269. The van der Waals surface area contributed by atoms with E-state index < -0.39 is 5.97 Å². The second-order valence-electron chi connectivity index (χ2n) is 10.9. The maximum absolute atomic E-state index is 11.0. The van der Waals surface area contributed by atoms with Crippen molar-refractivity contribution in [3.63, 3.8) is 0 Å². The predicted octanol–water partition coefficient (Wildman–Crippen LogP) is 8.11. The van der Waals surface area contributed by atoms with Crippen LogP contribution in [-0.4, -0.2) is 23.3 Å². The first kappa shape index (κ1) is 27.5. The average molecular weight is 461 g/mol. The van der Waals surface area contributed by atoms with E-state index in [1.54, 1.807) is 0 Å². The average Bonchev–Trinajstić information content (AvgIpc) is 2.75. The highest BCUT2D eigenvalue weighted by molar-refractivity contribution is 5.69. The number of hydrogen-bond acceptors (Lipinski definition) is 3. The molecule has 1 aliphatic rings. The minimum Gasteiger partial charge on any atom is -0.487 e. The molecule has 1 aromatic carbocycles. The molecule has 1 N–H and O–H groups in total. The topological polar surface area (TPSA) is 55.8 Å². The largest absolute Gasteiger partial charge is 0.487 e. The number of ether oxygens (including phenoxy) is 2. The van der Waals surface area contributed by atoms with Crippen molar-refractivity contribution in [3.05, 3.63) is 22.3 Å². The standard InChI is InChI=1S/C29H48O4/c1-21(2)16-14-12-10-8-7-9-11-13-15-18-29(6)19-17-25-24(5)27(32-20-26(30)31)22(3)23(4)28(25)33-29/h21H,7-20H2,1-6H3,(H,30,31). The molecule has 1 unspecified atom stereocenters. The highest BCUT2D eigenvalue weighted by Crippen LogP contribution is 2.44. The van der Waals surface area contributed by atoms with Crippen molar-refractivity contribution in [2.75, 3.05) is 6.61 Å². The van der Waals surface area contributed by atoms with Gasteiger partial charge in [0.2, 0.25) is 0 Å². The lowest BCUT2D eigenvalue weighted by Crippen LogP contribution is -2.37. The zero-order valence-corrected chi connectivity index (χ0v) is 22.1.